The Bertz CT molecular complexity index is 632. The number of phenolic OH excluding ortho intramolecular Hbond substituents is 1. The van der Waals surface area contributed by atoms with E-state index in [1.54, 1.807) is 18.2 Å². The summed E-state index contributed by atoms with van der Waals surface area (Å²) in [7, 11) is 0. The summed E-state index contributed by atoms with van der Waals surface area (Å²) in [5, 5.41) is 23.7. The smallest absolute Gasteiger partial charge is 0.270 e. The van der Waals surface area contributed by atoms with Crippen LogP contribution in [0, 0.1) is 10.1 Å². The molecule has 20 heavy (non-hydrogen) atoms. The highest BCUT2D eigenvalue weighted by atomic mass is 35.5. The third kappa shape index (κ3) is 3.46. The number of aromatic hydroxyl groups is 1. The summed E-state index contributed by atoms with van der Waals surface area (Å²) in [6.45, 7) is 0.950. The van der Waals surface area contributed by atoms with Gasteiger partial charge < -0.3 is 10.4 Å². The van der Waals surface area contributed by atoms with E-state index < -0.39 is 4.92 Å². The molecular weight excluding hydrogens is 280 g/mol. The van der Waals surface area contributed by atoms with E-state index in [1.165, 1.54) is 12.1 Å². The topological polar surface area (TPSA) is 75.4 Å². The quantitative estimate of drug-likeness (QED) is 0.655. The average molecular weight is 293 g/mol. The van der Waals surface area contributed by atoms with Crippen LogP contribution in [0.5, 0.6) is 5.75 Å². The van der Waals surface area contributed by atoms with Crippen molar-refractivity contribution in [1.29, 1.82) is 0 Å². The van der Waals surface area contributed by atoms with Gasteiger partial charge in [0.2, 0.25) is 0 Å². The molecule has 0 spiro atoms. The molecule has 6 heteroatoms. The maximum Gasteiger partial charge on any atom is 0.270 e. The maximum absolute atomic E-state index is 10.6. The fourth-order valence-corrected chi connectivity index (χ4v) is 2.03. The van der Waals surface area contributed by atoms with E-state index in [2.05, 4.69) is 5.32 Å². The molecule has 0 amide bonds. The Labute approximate surface area is 121 Å². The van der Waals surface area contributed by atoms with E-state index in [0.717, 1.165) is 11.1 Å². The molecule has 0 aliphatic carbocycles. The van der Waals surface area contributed by atoms with Crippen LogP contribution in [0.3, 0.4) is 0 Å². The number of rotatable bonds is 5. The standard InChI is InChI=1S/C14H13ClN2O3/c15-13-7-12(17(19)20)6-5-10(13)8-16-9-11-3-1-2-4-14(11)18/h1-7,16,18H,8-9H2. The predicted molar refractivity (Wildman–Crippen MR) is 76.8 cm³/mol. The molecule has 0 aliphatic heterocycles. The van der Waals surface area contributed by atoms with Crippen molar-refractivity contribution in [3.63, 3.8) is 0 Å². The molecule has 0 heterocycles. The van der Waals surface area contributed by atoms with Crippen LogP contribution in [0.25, 0.3) is 0 Å². The predicted octanol–water partition coefficient (Wildman–Crippen LogP) is 3.24. The van der Waals surface area contributed by atoms with Crippen LogP contribution in [0.15, 0.2) is 42.5 Å². The van der Waals surface area contributed by atoms with Gasteiger partial charge in [0.05, 0.1) is 9.95 Å². The van der Waals surface area contributed by atoms with Gasteiger partial charge in [-0.15, -0.1) is 0 Å². The SMILES string of the molecule is O=[N+]([O-])c1ccc(CNCc2ccccc2O)c(Cl)c1. The highest BCUT2D eigenvalue weighted by molar-refractivity contribution is 6.31. The molecule has 2 N–H and O–H groups in total. The summed E-state index contributed by atoms with van der Waals surface area (Å²) in [6.07, 6.45) is 0. The molecule has 0 aliphatic rings. The first-order valence-electron chi connectivity index (χ1n) is 5.98. The van der Waals surface area contributed by atoms with E-state index in [0.29, 0.717) is 18.1 Å². The number of hydrogen-bond acceptors (Lipinski definition) is 4. The van der Waals surface area contributed by atoms with E-state index in [1.807, 2.05) is 12.1 Å². The van der Waals surface area contributed by atoms with Gasteiger partial charge in [0.25, 0.3) is 5.69 Å². The second-order valence-electron chi connectivity index (χ2n) is 4.27. The monoisotopic (exact) mass is 292 g/mol. The van der Waals surface area contributed by atoms with Crippen LogP contribution in [-0.2, 0) is 13.1 Å². The fourth-order valence-electron chi connectivity index (χ4n) is 1.79. The number of nitro groups is 1. The molecule has 2 aromatic rings. The van der Waals surface area contributed by atoms with Crippen molar-refractivity contribution < 1.29 is 10.0 Å². The van der Waals surface area contributed by atoms with Gasteiger partial charge >= 0.3 is 0 Å². The van der Waals surface area contributed by atoms with Crippen LogP contribution in [0.4, 0.5) is 5.69 Å². The molecule has 2 rings (SSSR count). The number of benzene rings is 2. The lowest BCUT2D eigenvalue weighted by Crippen LogP contribution is -2.13. The maximum atomic E-state index is 10.6. The molecule has 2 aromatic carbocycles. The zero-order valence-electron chi connectivity index (χ0n) is 10.5. The number of nitro benzene ring substituents is 1. The number of para-hydroxylation sites is 1. The summed E-state index contributed by atoms with van der Waals surface area (Å²) < 4.78 is 0. The van der Waals surface area contributed by atoms with Crippen molar-refractivity contribution >= 4 is 17.3 Å². The summed E-state index contributed by atoms with van der Waals surface area (Å²) in [6, 6.07) is 11.4. The number of hydrogen-bond donors (Lipinski definition) is 2. The van der Waals surface area contributed by atoms with E-state index in [-0.39, 0.29) is 11.4 Å². The molecule has 5 nitrogen and oxygen atoms in total. The van der Waals surface area contributed by atoms with E-state index >= 15 is 0 Å². The number of phenols is 1. The lowest BCUT2D eigenvalue weighted by molar-refractivity contribution is -0.384. The largest absolute Gasteiger partial charge is 0.508 e. The summed E-state index contributed by atoms with van der Waals surface area (Å²) in [5.74, 6) is 0.231. The van der Waals surface area contributed by atoms with Crippen molar-refractivity contribution in [1.82, 2.24) is 5.32 Å². The fraction of sp³-hybridized carbons (Fsp3) is 0.143. The van der Waals surface area contributed by atoms with Gasteiger partial charge in [-0.2, -0.15) is 0 Å². The molecule has 0 unspecified atom stereocenters. The van der Waals surface area contributed by atoms with Crippen LogP contribution < -0.4 is 5.32 Å². The second kappa shape index (κ2) is 6.36. The minimum atomic E-state index is -0.481. The number of nitrogens with one attached hydrogen (secondary N) is 1. The molecule has 0 radical (unpaired) electrons. The van der Waals surface area contributed by atoms with Gasteiger partial charge in [-0.25, -0.2) is 0 Å². The van der Waals surface area contributed by atoms with Crippen molar-refractivity contribution in [2.75, 3.05) is 0 Å². The first kappa shape index (κ1) is 14.3. The van der Waals surface area contributed by atoms with Crippen LogP contribution in [0.2, 0.25) is 5.02 Å². The van der Waals surface area contributed by atoms with Crippen LogP contribution in [-0.4, -0.2) is 10.0 Å². The highest BCUT2D eigenvalue weighted by Gasteiger charge is 2.09. The molecule has 0 saturated carbocycles. The zero-order valence-corrected chi connectivity index (χ0v) is 11.3. The first-order chi connectivity index (χ1) is 9.58. The van der Waals surface area contributed by atoms with Crippen molar-refractivity contribution in [2.45, 2.75) is 13.1 Å². The first-order valence-corrected chi connectivity index (χ1v) is 6.36. The minimum absolute atomic E-state index is 0.0283. The Morgan fingerprint density at radius 3 is 2.50 bits per heavy atom. The molecule has 104 valence electrons. The van der Waals surface area contributed by atoms with Crippen molar-refractivity contribution in [3.8, 4) is 5.75 Å². The number of halogens is 1. The van der Waals surface area contributed by atoms with Crippen molar-refractivity contribution in [3.05, 3.63) is 68.7 Å². The Morgan fingerprint density at radius 1 is 1.15 bits per heavy atom. The molecule has 0 bridgehead atoms. The van der Waals surface area contributed by atoms with Gasteiger partial charge in [-0.05, 0) is 17.7 Å². The third-order valence-electron chi connectivity index (χ3n) is 2.87. The summed E-state index contributed by atoms with van der Waals surface area (Å²) in [5.41, 5.74) is 1.53. The van der Waals surface area contributed by atoms with Crippen molar-refractivity contribution in [2.24, 2.45) is 0 Å². The molecule has 0 aromatic heterocycles. The van der Waals surface area contributed by atoms with Gasteiger partial charge in [0, 0.05) is 30.8 Å². The lowest BCUT2D eigenvalue weighted by atomic mass is 10.1. The van der Waals surface area contributed by atoms with Gasteiger partial charge in [0.1, 0.15) is 5.75 Å². The molecule has 0 atom stereocenters. The Hall–Kier alpha value is -2.11. The highest BCUT2D eigenvalue weighted by Crippen LogP contribution is 2.22. The molecule has 0 saturated heterocycles. The summed E-state index contributed by atoms with van der Waals surface area (Å²) in [4.78, 5) is 10.1. The zero-order chi connectivity index (χ0) is 14.5. The van der Waals surface area contributed by atoms with Crippen LogP contribution >= 0.6 is 11.6 Å². The normalized spacial score (nSPS) is 10.4. The number of non-ortho nitro benzene ring substituents is 1. The summed E-state index contributed by atoms with van der Waals surface area (Å²) >= 11 is 5.99. The van der Waals surface area contributed by atoms with E-state index in [9.17, 15) is 15.2 Å². The Kier molecular flexibility index (Phi) is 4.55. The lowest BCUT2D eigenvalue weighted by Gasteiger charge is -2.08. The minimum Gasteiger partial charge on any atom is -0.508 e. The Balaban J connectivity index is 1.98. The van der Waals surface area contributed by atoms with Gasteiger partial charge in [-0.3, -0.25) is 10.1 Å². The third-order valence-corrected chi connectivity index (χ3v) is 3.22. The second-order valence-corrected chi connectivity index (χ2v) is 4.67. The molecular formula is C14H13ClN2O3. The molecule has 0 fully saturated rings. The van der Waals surface area contributed by atoms with E-state index in [4.69, 9.17) is 11.6 Å². The average Bonchev–Trinajstić information content (AvgIpc) is 2.42. The number of nitrogens with zero attached hydrogens (tertiary/aromatic N) is 1. The Morgan fingerprint density at radius 2 is 1.85 bits per heavy atom. The van der Waals surface area contributed by atoms with Gasteiger partial charge in [-0.1, -0.05) is 29.8 Å². The van der Waals surface area contributed by atoms with Gasteiger partial charge in [0.15, 0.2) is 0 Å². The van der Waals surface area contributed by atoms with Crippen LogP contribution in [0.1, 0.15) is 11.1 Å².